The highest BCUT2D eigenvalue weighted by molar-refractivity contribution is 5.79. The van der Waals surface area contributed by atoms with Gasteiger partial charge in [0.05, 0.1) is 6.42 Å². The average molecular weight is 384 g/mol. The molecule has 0 aromatic heterocycles. The van der Waals surface area contributed by atoms with Crippen molar-refractivity contribution in [2.45, 2.75) is 58.3 Å². The van der Waals surface area contributed by atoms with E-state index in [1.165, 1.54) is 12.1 Å². The molecule has 1 aliphatic heterocycles. The van der Waals surface area contributed by atoms with Crippen LogP contribution in [0.5, 0.6) is 5.75 Å². The summed E-state index contributed by atoms with van der Waals surface area (Å²) in [5.41, 5.74) is 0.187. The van der Waals surface area contributed by atoms with Crippen molar-refractivity contribution < 1.29 is 27.8 Å². The fourth-order valence-corrected chi connectivity index (χ4v) is 2.82. The zero-order valence-corrected chi connectivity index (χ0v) is 15.8. The second-order valence-electron chi connectivity index (χ2n) is 7.50. The van der Waals surface area contributed by atoms with E-state index in [9.17, 15) is 18.4 Å². The Balaban J connectivity index is 1.77. The lowest BCUT2D eigenvalue weighted by Gasteiger charge is -2.33. The molecule has 27 heavy (non-hydrogen) atoms. The van der Waals surface area contributed by atoms with Crippen LogP contribution in [0.4, 0.5) is 13.6 Å². The molecule has 1 aromatic rings. The van der Waals surface area contributed by atoms with Crippen molar-refractivity contribution in [1.29, 1.82) is 0 Å². The molecule has 1 heterocycles. The SMILES string of the molecule is CC(C)(C)OC(=O)NC1CCN(C(=O)Cc2ccc(OC(F)F)cc2)CC1. The van der Waals surface area contributed by atoms with Gasteiger partial charge >= 0.3 is 12.7 Å². The molecule has 0 saturated carbocycles. The number of alkyl halides is 2. The molecule has 1 saturated heterocycles. The van der Waals surface area contributed by atoms with Gasteiger partial charge in [0, 0.05) is 19.1 Å². The molecular weight excluding hydrogens is 358 g/mol. The first-order valence-corrected chi connectivity index (χ1v) is 8.93. The molecule has 0 radical (unpaired) electrons. The van der Waals surface area contributed by atoms with Gasteiger partial charge in [-0.05, 0) is 51.3 Å². The minimum atomic E-state index is -2.87. The van der Waals surface area contributed by atoms with E-state index in [1.54, 1.807) is 37.8 Å². The highest BCUT2D eigenvalue weighted by Crippen LogP contribution is 2.17. The van der Waals surface area contributed by atoms with E-state index in [0.29, 0.717) is 25.9 Å². The van der Waals surface area contributed by atoms with Crippen LogP contribution in [-0.4, -0.2) is 48.2 Å². The monoisotopic (exact) mass is 384 g/mol. The largest absolute Gasteiger partial charge is 0.444 e. The van der Waals surface area contributed by atoms with Gasteiger partial charge in [0.15, 0.2) is 0 Å². The van der Waals surface area contributed by atoms with E-state index in [-0.39, 0.29) is 24.1 Å². The standard InChI is InChI=1S/C19H26F2N2O4/c1-19(2,3)27-18(25)22-14-8-10-23(11-9-14)16(24)12-13-4-6-15(7-5-13)26-17(20)21/h4-7,14,17H,8-12H2,1-3H3,(H,22,25). The number of carbonyl (C=O) groups excluding carboxylic acids is 2. The third-order valence-corrected chi connectivity index (χ3v) is 4.07. The first kappa shape index (κ1) is 20.9. The molecule has 1 aliphatic rings. The number of piperidine rings is 1. The maximum absolute atomic E-state index is 12.4. The quantitative estimate of drug-likeness (QED) is 0.845. The molecule has 8 heteroatoms. The first-order valence-electron chi connectivity index (χ1n) is 8.93. The first-order chi connectivity index (χ1) is 12.6. The van der Waals surface area contributed by atoms with Gasteiger partial charge in [0.1, 0.15) is 11.4 Å². The number of hydrogen-bond acceptors (Lipinski definition) is 4. The number of nitrogens with one attached hydrogen (secondary N) is 1. The van der Waals surface area contributed by atoms with Gasteiger partial charge in [-0.25, -0.2) is 4.79 Å². The third-order valence-electron chi connectivity index (χ3n) is 4.07. The molecule has 0 unspecified atom stereocenters. The van der Waals surface area contributed by atoms with E-state index >= 15 is 0 Å². The smallest absolute Gasteiger partial charge is 0.407 e. The highest BCUT2D eigenvalue weighted by atomic mass is 19.3. The second kappa shape index (κ2) is 9.01. The Kier molecular flexibility index (Phi) is 6.98. The predicted molar refractivity (Wildman–Crippen MR) is 95.7 cm³/mol. The van der Waals surface area contributed by atoms with Crippen LogP contribution >= 0.6 is 0 Å². The molecule has 0 atom stereocenters. The molecule has 2 amide bonds. The summed E-state index contributed by atoms with van der Waals surface area (Å²) in [7, 11) is 0. The number of carbonyl (C=O) groups is 2. The summed E-state index contributed by atoms with van der Waals surface area (Å²) in [5, 5.41) is 2.83. The molecule has 1 aromatic carbocycles. The maximum atomic E-state index is 12.4. The number of ether oxygens (including phenoxy) is 2. The lowest BCUT2D eigenvalue weighted by atomic mass is 10.0. The van der Waals surface area contributed by atoms with Gasteiger partial charge in [0.2, 0.25) is 5.91 Å². The van der Waals surface area contributed by atoms with Gasteiger partial charge in [-0.2, -0.15) is 8.78 Å². The van der Waals surface area contributed by atoms with Crippen LogP contribution in [-0.2, 0) is 16.0 Å². The van der Waals surface area contributed by atoms with Crippen LogP contribution in [0.1, 0.15) is 39.2 Å². The van der Waals surface area contributed by atoms with E-state index < -0.39 is 18.3 Å². The van der Waals surface area contributed by atoms with E-state index in [1.807, 2.05) is 0 Å². The Bertz CT molecular complexity index is 636. The number of nitrogens with zero attached hydrogens (tertiary/aromatic N) is 1. The Morgan fingerprint density at radius 3 is 2.30 bits per heavy atom. The van der Waals surface area contributed by atoms with Gasteiger partial charge in [0.25, 0.3) is 0 Å². The van der Waals surface area contributed by atoms with E-state index in [4.69, 9.17) is 4.74 Å². The Hall–Kier alpha value is -2.38. The van der Waals surface area contributed by atoms with Crippen LogP contribution in [0.25, 0.3) is 0 Å². The summed E-state index contributed by atoms with van der Waals surface area (Å²) in [6.07, 6.45) is 1.07. The normalized spacial score (nSPS) is 15.6. The fourth-order valence-electron chi connectivity index (χ4n) is 2.82. The van der Waals surface area contributed by atoms with E-state index in [2.05, 4.69) is 10.1 Å². The summed E-state index contributed by atoms with van der Waals surface area (Å²) >= 11 is 0. The van der Waals surface area contributed by atoms with Crippen molar-refractivity contribution >= 4 is 12.0 Å². The van der Waals surface area contributed by atoms with Crippen LogP contribution < -0.4 is 10.1 Å². The summed E-state index contributed by atoms with van der Waals surface area (Å²) < 4.78 is 33.8. The summed E-state index contributed by atoms with van der Waals surface area (Å²) in [6, 6.07) is 6.03. The molecule has 0 aliphatic carbocycles. The van der Waals surface area contributed by atoms with Crippen molar-refractivity contribution in [3.05, 3.63) is 29.8 Å². The topological polar surface area (TPSA) is 67.9 Å². The number of benzene rings is 1. The summed E-state index contributed by atoms with van der Waals surface area (Å²) in [6.45, 7) is 3.64. The van der Waals surface area contributed by atoms with Gasteiger partial charge in [-0.15, -0.1) is 0 Å². The van der Waals surface area contributed by atoms with Crippen molar-refractivity contribution in [3.8, 4) is 5.75 Å². The molecule has 150 valence electrons. The van der Waals surface area contributed by atoms with Crippen LogP contribution in [0.15, 0.2) is 24.3 Å². The molecule has 0 bridgehead atoms. The molecule has 1 fully saturated rings. The Morgan fingerprint density at radius 1 is 1.19 bits per heavy atom. The van der Waals surface area contributed by atoms with Crippen molar-refractivity contribution in [3.63, 3.8) is 0 Å². The molecular formula is C19H26F2N2O4. The minimum absolute atomic E-state index is 0.0188. The number of hydrogen-bond donors (Lipinski definition) is 1. The number of alkyl carbamates (subject to hydrolysis) is 1. The van der Waals surface area contributed by atoms with Gasteiger partial charge in [-0.3, -0.25) is 4.79 Å². The molecule has 6 nitrogen and oxygen atoms in total. The fraction of sp³-hybridized carbons (Fsp3) is 0.579. The zero-order chi connectivity index (χ0) is 20.0. The number of halogens is 2. The van der Waals surface area contributed by atoms with Gasteiger partial charge < -0.3 is 19.7 Å². The predicted octanol–water partition coefficient (Wildman–Crippen LogP) is 3.35. The van der Waals surface area contributed by atoms with Crippen LogP contribution in [0.3, 0.4) is 0 Å². The van der Waals surface area contributed by atoms with Crippen LogP contribution in [0, 0.1) is 0 Å². The highest BCUT2D eigenvalue weighted by Gasteiger charge is 2.25. The van der Waals surface area contributed by atoms with Crippen molar-refractivity contribution in [1.82, 2.24) is 10.2 Å². The van der Waals surface area contributed by atoms with Crippen molar-refractivity contribution in [2.75, 3.05) is 13.1 Å². The van der Waals surface area contributed by atoms with Gasteiger partial charge in [-0.1, -0.05) is 12.1 Å². The minimum Gasteiger partial charge on any atom is -0.444 e. The molecule has 1 N–H and O–H groups in total. The molecule has 0 spiro atoms. The lowest BCUT2D eigenvalue weighted by molar-refractivity contribution is -0.131. The summed E-state index contributed by atoms with van der Waals surface area (Å²) in [5.74, 6) is 0.0310. The average Bonchev–Trinajstić information content (AvgIpc) is 2.55. The van der Waals surface area contributed by atoms with E-state index in [0.717, 1.165) is 5.56 Å². The zero-order valence-electron chi connectivity index (χ0n) is 15.8. The number of likely N-dealkylation sites (tertiary alicyclic amines) is 1. The Labute approximate surface area is 157 Å². The number of amides is 2. The Morgan fingerprint density at radius 2 is 1.78 bits per heavy atom. The van der Waals surface area contributed by atoms with Crippen LogP contribution in [0.2, 0.25) is 0 Å². The third kappa shape index (κ3) is 7.40. The maximum Gasteiger partial charge on any atom is 0.407 e. The van der Waals surface area contributed by atoms with Crippen molar-refractivity contribution in [2.24, 2.45) is 0 Å². The summed E-state index contributed by atoms with van der Waals surface area (Å²) in [4.78, 5) is 26.0. The molecule has 2 rings (SSSR count). The second-order valence-corrected chi connectivity index (χ2v) is 7.50. The number of rotatable bonds is 5. The lowest BCUT2D eigenvalue weighted by Crippen LogP contribution is -2.47.